The molecule has 41 heavy (non-hydrogen) atoms. The minimum Gasteiger partial charge on any atom is -0.363 e. The van der Waals surface area contributed by atoms with Crippen LogP contribution in [0.25, 0.3) is 11.1 Å². The maximum atomic E-state index is 14.2. The number of rotatable bonds is 8. The van der Waals surface area contributed by atoms with Crippen LogP contribution in [-0.2, 0) is 5.41 Å². The first-order valence-electron chi connectivity index (χ1n) is 13.8. The highest BCUT2D eigenvalue weighted by atomic mass is 19.4. The summed E-state index contributed by atoms with van der Waals surface area (Å²) in [6.45, 7) is 4.06. The smallest absolute Gasteiger partial charge is 0.363 e. The van der Waals surface area contributed by atoms with Gasteiger partial charge in [0.2, 0.25) is 0 Å². The molecular weight excluding hydrogens is 525 g/mol. The number of carbonyl (C=O) groups excluding carboxylic acids is 1. The quantitative estimate of drug-likeness (QED) is 0.221. The Morgan fingerprint density at radius 3 is 2.34 bits per heavy atom. The van der Waals surface area contributed by atoms with Gasteiger partial charge in [0.05, 0.1) is 29.4 Å². The largest absolute Gasteiger partial charge is 0.410 e. The number of hydrogen-bond acceptors (Lipinski definition) is 4. The van der Waals surface area contributed by atoms with Crippen molar-refractivity contribution in [2.45, 2.75) is 63.2 Å². The number of Topliss-reactive ketones (excluding diaryl/α,β-unsaturated/α-hetero) is 1. The molecule has 5 rings (SSSR count). The molecule has 1 aliphatic rings. The number of nitrogens with zero attached hydrogens (tertiary/aromatic N) is 3. The van der Waals surface area contributed by atoms with E-state index in [1.54, 1.807) is 36.4 Å². The molecule has 8 heteroatoms. The summed E-state index contributed by atoms with van der Waals surface area (Å²) in [7, 11) is 0. The van der Waals surface area contributed by atoms with E-state index in [0.29, 0.717) is 18.4 Å². The summed E-state index contributed by atoms with van der Waals surface area (Å²) in [5.41, 5.74) is 3.87. The molecule has 4 aromatic rings. The second-order valence-electron chi connectivity index (χ2n) is 10.6. The molecular formula is C33H31F3N4O. The number of ketones is 1. The van der Waals surface area contributed by atoms with Crippen LogP contribution >= 0.6 is 0 Å². The third kappa shape index (κ3) is 5.49. The third-order valence-electron chi connectivity index (χ3n) is 8.42. The highest BCUT2D eigenvalue weighted by Gasteiger charge is 2.47. The van der Waals surface area contributed by atoms with Crippen LogP contribution in [0.5, 0.6) is 0 Å². The maximum absolute atomic E-state index is 14.2. The molecule has 1 N–H and O–H groups in total. The highest BCUT2D eigenvalue weighted by Crippen LogP contribution is 2.45. The second kappa shape index (κ2) is 11.2. The fourth-order valence-electron chi connectivity index (χ4n) is 5.85. The molecule has 0 aliphatic carbocycles. The predicted octanol–water partition coefficient (Wildman–Crippen LogP) is 8.41. The van der Waals surface area contributed by atoms with E-state index in [1.165, 1.54) is 6.20 Å². The molecule has 1 aliphatic heterocycles. The van der Waals surface area contributed by atoms with Crippen LogP contribution in [0, 0.1) is 11.3 Å². The number of nitriles is 1. The SMILES string of the molecule is CCC(CC)(CC(=O)c1cnn2c1NC(c1ccccc1)CC2C(F)(F)F)c1cccc(-c2ccc(C#N)cc2)c1. The monoisotopic (exact) mass is 556 g/mol. The fourth-order valence-corrected chi connectivity index (χ4v) is 5.85. The molecule has 2 unspecified atom stereocenters. The number of halogens is 3. The van der Waals surface area contributed by atoms with Gasteiger partial charge in [0.15, 0.2) is 11.8 Å². The number of aromatic nitrogens is 2. The standard InChI is InChI=1S/C33H31F3N4O/c1-3-32(4-2,26-12-8-11-25(17-26)23-15-13-22(20-37)14-16-23)19-29(41)27-21-38-40-30(33(34,35)36)18-28(39-31(27)40)24-9-6-5-7-10-24/h5-17,21,28,30,39H,3-4,18-19H2,1-2H3. The molecule has 0 amide bonds. The zero-order valence-corrected chi connectivity index (χ0v) is 22.9. The third-order valence-corrected chi connectivity index (χ3v) is 8.42. The minimum absolute atomic E-state index is 0.116. The van der Waals surface area contributed by atoms with E-state index in [4.69, 9.17) is 5.26 Å². The first-order chi connectivity index (χ1) is 19.7. The Labute approximate surface area is 237 Å². The van der Waals surface area contributed by atoms with Gasteiger partial charge in [-0.15, -0.1) is 0 Å². The molecule has 1 aromatic heterocycles. The van der Waals surface area contributed by atoms with E-state index < -0.39 is 23.7 Å². The minimum atomic E-state index is -4.52. The molecule has 0 radical (unpaired) electrons. The maximum Gasteiger partial charge on any atom is 0.410 e. The summed E-state index contributed by atoms with van der Waals surface area (Å²) < 4.78 is 43.4. The molecule has 0 spiro atoms. The molecule has 2 atom stereocenters. The lowest BCUT2D eigenvalue weighted by molar-refractivity contribution is -0.173. The summed E-state index contributed by atoms with van der Waals surface area (Å²) in [6.07, 6.45) is -1.99. The van der Waals surface area contributed by atoms with Gasteiger partial charge >= 0.3 is 6.18 Å². The van der Waals surface area contributed by atoms with Crippen molar-refractivity contribution in [3.8, 4) is 17.2 Å². The van der Waals surface area contributed by atoms with Crippen molar-refractivity contribution in [3.63, 3.8) is 0 Å². The number of carbonyl (C=O) groups is 1. The first kappa shape index (κ1) is 28.2. The van der Waals surface area contributed by atoms with Crippen molar-refractivity contribution in [3.05, 3.63) is 107 Å². The van der Waals surface area contributed by atoms with Crippen molar-refractivity contribution in [1.82, 2.24) is 9.78 Å². The summed E-state index contributed by atoms with van der Waals surface area (Å²) in [5.74, 6) is -0.134. The van der Waals surface area contributed by atoms with Crippen LogP contribution in [-0.4, -0.2) is 21.7 Å². The Bertz CT molecular complexity index is 1560. The molecule has 2 heterocycles. The Morgan fingerprint density at radius 1 is 1.00 bits per heavy atom. The van der Waals surface area contributed by atoms with E-state index >= 15 is 0 Å². The lowest BCUT2D eigenvalue weighted by Gasteiger charge is -2.35. The van der Waals surface area contributed by atoms with Gasteiger partial charge < -0.3 is 5.32 Å². The lowest BCUT2D eigenvalue weighted by Crippen LogP contribution is -2.36. The van der Waals surface area contributed by atoms with Gasteiger partial charge in [0.1, 0.15) is 5.82 Å². The van der Waals surface area contributed by atoms with Crippen molar-refractivity contribution < 1.29 is 18.0 Å². The molecule has 210 valence electrons. The number of nitrogens with one attached hydrogen (secondary N) is 1. The molecule has 3 aromatic carbocycles. The Morgan fingerprint density at radius 2 is 1.71 bits per heavy atom. The zero-order chi connectivity index (χ0) is 29.2. The van der Waals surface area contributed by atoms with Crippen LogP contribution in [0.3, 0.4) is 0 Å². The summed E-state index contributed by atoms with van der Waals surface area (Å²) in [4.78, 5) is 13.9. The summed E-state index contributed by atoms with van der Waals surface area (Å²) >= 11 is 0. The van der Waals surface area contributed by atoms with Gasteiger partial charge in [0, 0.05) is 18.3 Å². The molecule has 5 nitrogen and oxygen atoms in total. The van der Waals surface area contributed by atoms with Crippen LogP contribution in [0.4, 0.5) is 19.0 Å². The van der Waals surface area contributed by atoms with Gasteiger partial charge in [-0.05, 0) is 47.2 Å². The van der Waals surface area contributed by atoms with Crippen LogP contribution in [0.15, 0.2) is 85.1 Å². The van der Waals surface area contributed by atoms with Crippen LogP contribution in [0.1, 0.15) is 78.7 Å². The molecule has 0 saturated heterocycles. The van der Waals surface area contributed by atoms with Crippen molar-refractivity contribution in [2.24, 2.45) is 0 Å². The van der Waals surface area contributed by atoms with Gasteiger partial charge in [-0.3, -0.25) is 4.79 Å². The van der Waals surface area contributed by atoms with E-state index in [-0.39, 0.29) is 30.0 Å². The van der Waals surface area contributed by atoms with Crippen molar-refractivity contribution >= 4 is 11.6 Å². The predicted molar refractivity (Wildman–Crippen MR) is 153 cm³/mol. The number of hydrogen-bond donors (Lipinski definition) is 1. The Kier molecular flexibility index (Phi) is 7.72. The lowest BCUT2D eigenvalue weighted by atomic mass is 9.71. The fraction of sp³-hybridized carbons (Fsp3) is 0.303. The number of alkyl halides is 3. The number of benzene rings is 3. The number of fused-ring (bicyclic) bond motifs is 1. The Balaban J connectivity index is 1.48. The topological polar surface area (TPSA) is 70.7 Å². The van der Waals surface area contributed by atoms with Gasteiger partial charge in [-0.1, -0.05) is 80.6 Å². The zero-order valence-electron chi connectivity index (χ0n) is 22.9. The van der Waals surface area contributed by atoms with E-state index in [0.717, 1.165) is 26.9 Å². The van der Waals surface area contributed by atoms with E-state index in [2.05, 4.69) is 22.6 Å². The van der Waals surface area contributed by atoms with E-state index in [9.17, 15) is 18.0 Å². The Hall–Kier alpha value is -4.38. The summed E-state index contributed by atoms with van der Waals surface area (Å²) in [5, 5.41) is 16.4. The second-order valence-corrected chi connectivity index (χ2v) is 10.6. The summed E-state index contributed by atoms with van der Waals surface area (Å²) in [6, 6.07) is 24.0. The van der Waals surface area contributed by atoms with Crippen LogP contribution < -0.4 is 5.32 Å². The van der Waals surface area contributed by atoms with Crippen molar-refractivity contribution in [1.29, 1.82) is 5.26 Å². The van der Waals surface area contributed by atoms with Crippen molar-refractivity contribution in [2.75, 3.05) is 5.32 Å². The first-order valence-corrected chi connectivity index (χ1v) is 13.8. The van der Waals surface area contributed by atoms with Gasteiger partial charge in [-0.2, -0.15) is 23.5 Å². The number of anilines is 1. The average Bonchev–Trinajstić information content (AvgIpc) is 3.43. The van der Waals surface area contributed by atoms with E-state index in [1.807, 2.05) is 50.2 Å². The van der Waals surface area contributed by atoms with Crippen LogP contribution in [0.2, 0.25) is 0 Å². The van der Waals surface area contributed by atoms with Gasteiger partial charge in [0.25, 0.3) is 0 Å². The molecule has 0 saturated carbocycles. The molecule has 0 bridgehead atoms. The molecule has 0 fully saturated rings. The average molecular weight is 557 g/mol. The highest BCUT2D eigenvalue weighted by molar-refractivity contribution is 6.01. The normalized spacial score (nSPS) is 16.9. The van der Waals surface area contributed by atoms with Gasteiger partial charge in [-0.25, -0.2) is 4.68 Å².